The minimum Gasteiger partial charge on any atom is -0.481 e. The standard InChI is InChI=1S/C17H14N2O4/c1-11(23-14-5-2-12(9-18)3-6-14)17(20)19-13-4-7-15-16(8-13)22-10-21-15/h2-8,11H,10H2,1H3,(H,19,20)/t11-/m0/s1. The van der Waals surface area contributed by atoms with Gasteiger partial charge in [0.25, 0.3) is 5.91 Å². The van der Waals surface area contributed by atoms with Crippen LogP contribution in [0.15, 0.2) is 42.5 Å². The van der Waals surface area contributed by atoms with E-state index >= 15 is 0 Å². The van der Waals surface area contributed by atoms with Crippen LogP contribution < -0.4 is 19.5 Å². The van der Waals surface area contributed by atoms with Gasteiger partial charge in [0.2, 0.25) is 6.79 Å². The topological polar surface area (TPSA) is 80.6 Å². The van der Waals surface area contributed by atoms with Crippen molar-refractivity contribution in [3.05, 3.63) is 48.0 Å². The Kier molecular flexibility index (Phi) is 4.02. The molecule has 1 atom stereocenters. The highest BCUT2D eigenvalue weighted by Gasteiger charge is 2.18. The second kappa shape index (κ2) is 6.28. The number of hydrogen-bond donors (Lipinski definition) is 1. The first-order valence-electron chi connectivity index (χ1n) is 7.03. The summed E-state index contributed by atoms with van der Waals surface area (Å²) in [6, 6.07) is 13.8. The van der Waals surface area contributed by atoms with Crippen LogP contribution in [0.5, 0.6) is 17.2 Å². The van der Waals surface area contributed by atoms with Crippen LogP contribution in [0.4, 0.5) is 5.69 Å². The van der Waals surface area contributed by atoms with Crippen LogP contribution in [0.25, 0.3) is 0 Å². The molecule has 2 aromatic carbocycles. The Hall–Kier alpha value is -3.20. The van der Waals surface area contributed by atoms with E-state index in [4.69, 9.17) is 19.5 Å². The number of carbonyl (C=O) groups excluding carboxylic acids is 1. The van der Waals surface area contributed by atoms with E-state index in [1.807, 2.05) is 6.07 Å². The maximum Gasteiger partial charge on any atom is 0.265 e. The zero-order valence-electron chi connectivity index (χ0n) is 12.4. The lowest BCUT2D eigenvalue weighted by atomic mass is 10.2. The van der Waals surface area contributed by atoms with Gasteiger partial charge in [-0.3, -0.25) is 4.79 Å². The second-order valence-electron chi connectivity index (χ2n) is 4.95. The van der Waals surface area contributed by atoms with E-state index in [1.54, 1.807) is 49.4 Å². The number of carbonyl (C=O) groups is 1. The lowest BCUT2D eigenvalue weighted by Gasteiger charge is -2.15. The average molecular weight is 310 g/mol. The molecule has 0 unspecified atom stereocenters. The third kappa shape index (κ3) is 3.35. The quantitative estimate of drug-likeness (QED) is 0.939. The fraction of sp³-hybridized carbons (Fsp3) is 0.176. The van der Waals surface area contributed by atoms with Gasteiger partial charge >= 0.3 is 0 Å². The molecule has 6 heteroatoms. The first-order valence-corrected chi connectivity index (χ1v) is 7.03. The van der Waals surface area contributed by atoms with Gasteiger partial charge < -0.3 is 19.5 Å². The molecule has 0 saturated carbocycles. The third-order valence-electron chi connectivity index (χ3n) is 3.31. The summed E-state index contributed by atoms with van der Waals surface area (Å²) in [6.07, 6.45) is -0.687. The monoisotopic (exact) mass is 310 g/mol. The van der Waals surface area contributed by atoms with Crippen LogP contribution >= 0.6 is 0 Å². The maximum atomic E-state index is 12.2. The van der Waals surface area contributed by atoms with Crippen molar-refractivity contribution in [3.8, 4) is 23.3 Å². The van der Waals surface area contributed by atoms with Crippen molar-refractivity contribution in [2.75, 3.05) is 12.1 Å². The van der Waals surface area contributed by atoms with Crippen LogP contribution in [0.1, 0.15) is 12.5 Å². The van der Waals surface area contributed by atoms with Crippen molar-refractivity contribution in [3.63, 3.8) is 0 Å². The highest BCUT2D eigenvalue weighted by molar-refractivity contribution is 5.94. The smallest absolute Gasteiger partial charge is 0.265 e. The fourth-order valence-corrected chi connectivity index (χ4v) is 2.08. The molecule has 1 N–H and O–H groups in total. The molecule has 1 amide bonds. The van der Waals surface area contributed by atoms with Gasteiger partial charge in [-0.25, -0.2) is 0 Å². The molecule has 0 spiro atoms. The largest absolute Gasteiger partial charge is 0.481 e. The van der Waals surface area contributed by atoms with Crippen molar-refractivity contribution in [1.29, 1.82) is 5.26 Å². The maximum absolute atomic E-state index is 12.2. The Morgan fingerprint density at radius 1 is 1.22 bits per heavy atom. The minimum absolute atomic E-state index is 0.185. The first kappa shape index (κ1) is 14.7. The number of anilines is 1. The molecule has 116 valence electrons. The van der Waals surface area contributed by atoms with Gasteiger partial charge in [0.1, 0.15) is 5.75 Å². The molecular formula is C17H14N2O4. The summed E-state index contributed by atoms with van der Waals surface area (Å²) < 4.78 is 16.1. The predicted molar refractivity (Wildman–Crippen MR) is 82.4 cm³/mol. The first-order chi connectivity index (χ1) is 11.2. The predicted octanol–water partition coefficient (Wildman–Crippen LogP) is 2.69. The van der Waals surface area contributed by atoms with Crippen molar-refractivity contribution in [1.82, 2.24) is 0 Å². The molecule has 1 aliphatic rings. The van der Waals surface area contributed by atoms with Crippen molar-refractivity contribution in [2.45, 2.75) is 13.0 Å². The number of nitrogens with one attached hydrogen (secondary N) is 1. The molecule has 0 radical (unpaired) electrons. The van der Waals surface area contributed by atoms with Gasteiger partial charge in [0.15, 0.2) is 17.6 Å². The molecule has 1 heterocycles. The van der Waals surface area contributed by atoms with Crippen molar-refractivity contribution < 1.29 is 19.0 Å². The van der Waals surface area contributed by atoms with Gasteiger partial charge in [-0.05, 0) is 43.3 Å². The molecule has 3 rings (SSSR count). The fourth-order valence-electron chi connectivity index (χ4n) is 2.08. The van der Waals surface area contributed by atoms with Crippen molar-refractivity contribution >= 4 is 11.6 Å². The van der Waals surface area contributed by atoms with Gasteiger partial charge in [0, 0.05) is 11.8 Å². The van der Waals surface area contributed by atoms with Gasteiger partial charge in [-0.2, -0.15) is 5.26 Å². The summed E-state index contributed by atoms with van der Waals surface area (Å²) in [7, 11) is 0. The normalized spacial score (nSPS) is 13.0. The van der Waals surface area contributed by atoms with Crippen LogP contribution in [-0.4, -0.2) is 18.8 Å². The van der Waals surface area contributed by atoms with Gasteiger partial charge in [-0.15, -0.1) is 0 Å². The Morgan fingerprint density at radius 2 is 1.96 bits per heavy atom. The highest BCUT2D eigenvalue weighted by Crippen LogP contribution is 2.34. The number of benzene rings is 2. The van der Waals surface area contributed by atoms with E-state index in [2.05, 4.69) is 5.32 Å². The summed E-state index contributed by atoms with van der Waals surface area (Å²) in [5.41, 5.74) is 1.14. The molecule has 0 bridgehead atoms. The second-order valence-corrected chi connectivity index (χ2v) is 4.95. The number of nitrogens with zero attached hydrogens (tertiary/aromatic N) is 1. The summed E-state index contributed by atoms with van der Waals surface area (Å²) in [5, 5.41) is 11.5. The van der Waals surface area contributed by atoms with Crippen LogP contribution in [0, 0.1) is 11.3 Å². The number of rotatable bonds is 4. The molecular weight excluding hydrogens is 296 g/mol. The number of amides is 1. The lowest BCUT2D eigenvalue weighted by molar-refractivity contribution is -0.122. The minimum atomic E-state index is -0.687. The summed E-state index contributed by atoms with van der Waals surface area (Å²) in [5.74, 6) is 1.50. The van der Waals surface area contributed by atoms with E-state index in [0.717, 1.165) is 0 Å². The molecule has 6 nitrogen and oxygen atoms in total. The zero-order chi connectivity index (χ0) is 16.2. The van der Waals surface area contributed by atoms with Crippen LogP contribution in [-0.2, 0) is 4.79 Å². The SMILES string of the molecule is C[C@H](Oc1ccc(C#N)cc1)C(=O)Nc1ccc2c(c1)OCO2. The zero-order valence-corrected chi connectivity index (χ0v) is 12.4. The summed E-state index contributed by atoms with van der Waals surface area (Å²) in [4.78, 5) is 12.2. The number of hydrogen-bond acceptors (Lipinski definition) is 5. The van der Waals surface area contributed by atoms with E-state index < -0.39 is 6.10 Å². The van der Waals surface area contributed by atoms with Crippen LogP contribution in [0.2, 0.25) is 0 Å². The Morgan fingerprint density at radius 3 is 2.70 bits per heavy atom. The number of fused-ring (bicyclic) bond motifs is 1. The molecule has 2 aromatic rings. The Bertz CT molecular complexity index is 765. The van der Waals surface area contributed by atoms with Crippen LogP contribution in [0.3, 0.4) is 0 Å². The van der Waals surface area contributed by atoms with Gasteiger partial charge in [0.05, 0.1) is 11.6 Å². The van der Waals surface area contributed by atoms with Gasteiger partial charge in [-0.1, -0.05) is 0 Å². The molecule has 23 heavy (non-hydrogen) atoms. The Balaban J connectivity index is 1.62. The number of ether oxygens (including phenoxy) is 3. The average Bonchev–Trinajstić information content (AvgIpc) is 3.03. The molecule has 0 fully saturated rings. The van der Waals surface area contributed by atoms with E-state index in [1.165, 1.54) is 0 Å². The third-order valence-corrected chi connectivity index (χ3v) is 3.31. The number of nitriles is 1. The van der Waals surface area contributed by atoms with E-state index in [0.29, 0.717) is 28.5 Å². The van der Waals surface area contributed by atoms with E-state index in [-0.39, 0.29) is 12.7 Å². The molecule has 1 aliphatic heterocycles. The molecule has 0 aliphatic carbocycles. The Labute approximate surface area is 133 Å². The highest BCUT2D eigenvalue weighted by atomic mass is 16.7. The van der Waals surface area contributed by atoms with Crippen molar-refractivity contribution in [2.24, 2.45) is 0 Å². The molecule has 0 aromatic heterocycles. The summed E-state index contributed by atoms with van der Waals surface area (Å²) >= 11 is 0. The van der Waals surface area contributed by atoms with E-state index in [9.17, 15) is 4.79 Å². The molecule has 0 saturated heterocycles. The lowest BCUT2D eigenvalue weighted by Crippen LogP contribution is -2.30. The summed E-state index contributed by atoms with van der Waals surface area (Å²) in [6.45, 7) is 1.84.